The molecule has 0 heterocycles. The van der Waals surface area contributed by atoms with Crippen molar-refractivity contribution in [1.29, 1.82) is 0 Å². The SMILES string of the molecule is CO[Si](C)(CC=CCl)OC. The molecule has 0 fully saturated rings. The first kappa shape index (κ1) is 10.2. The summed E-state index contributed by atoms with van der Waals surface area (Å²) >= 11 is 5.35. The van der Waals surface area contributed by atoms with Crippen LogP contribution in [0.5, 0.6) is 0 Å². The second-order valence-corrected chi connectivity index (χ2v) is 5.85. The van der Waals surface area contributed by atoms with Gasteiger partial charge in [0.1, 0.15) is 0 Å². The summed E-state index contributed by atoms with van der Waals surface area (Å²) in [5.74, 6) is 0. The van der Waals surface area contributed by atoms with Crippen LogP contribution < -0.4 is 0 Å². The Bertz CT molecular complexity index is 112. The minimum atomic E-state index is -1.89. The molecule has 0 aromatic rings. The maximum absolute atomic E-state index is 5.35. The first-order valence-corrected chi connectivity index (χ1v) is 6.00. The zero-order valence-corrected chi connectivity index (χ0v) is 8.31. The van der Waals surface area contributed by atoms with Crippen molar-refractivity contribution in [2.45, 2.75) is 12.6 Å². The van der Waals surface area contributed by atoms with E-state index in [1.54, 1.807) is 14.2 Å². The monoisotopic (exact) mass is 180 g/mol. The standard InChI is InChI=1S/C6H13ClO2Si/c1-8-10(3,9-2)6-4-5-7/h4-5H,6H2,1-3H3. The highest BCUT2D eigenvalue weighted by Crippen LogP contribution is 2.11. The zero-order valence-electron chi connectivity index (χ0n) is 6.56. The Balaban J connectivity index is 3.80. The minimum absolute atomic E-state index is 0.795. The van der Waals surface area contributed by atoms with Crippen molar-refractivity contribution in [2.24, 2.45) is 0 Å². The van der Waals surface area contributed by atoms with Gasteiger partial charge in [0.25, 0.3) is 0 Å². The fraction of sp³-hybridized carbons (Fsp3) is 0.667. The summed E-state index contributed by atoms with van der Waals surface area (Å²) in [7, 11) is 1.44. The number of allylic oxidation sites excluding steroid dienone is 1. The zero-order chi connectivity index (χ0) is 8.04. The van der Waals surface area contributed by atoms with E-state index in [9.17, 15) is 0 Å². The maximum Gasteiger partial charge on any atom is 0.338 e. The lowest BCUT2D eigenvalue weighted by Crippen LogP contribution is -2.35. The molecule has 2 nitrogen and oxygen atoms in total. The third-order valence-electron chi connectivity index (χ3n) is 1.44. The van der Waals surface area contributed by atoms with Crippen LogP contribution in [0.2, 0.25) is 12.6 Å². The van der Waals surface area contributed by atoms with Crippen molar-refractivity contribution in [1.82, 2.24) is 0 Å². The highest BCUT2D eigenvalue weighted by Gasteiger charge is 2.26. The number of rotatable bonds is 4. The molecule has 60 valence electrons. The third-order valence-corrected chi connectivity index (χ3v) is 4.32. The van der Waals surface area contributed by atoms with E-state index < -0.39 is 8.56 Å². The normalized spacial score (nSPS) is 12.8. The molecular weight excluding hydrogens is 168 g/mol. The van der Waals surface area contributed by atoms with Gasteiger partial charge in [0.05, 0.1) is 0 Å². The van der Waals surface area contributed by atoms with Gasteiger partial charge in [-0.1, -0.05) is 17.7 Å². The first-order valence-electron chi connectivity index (χ1n) is 3.04. The van der Waals surface area contributed by atoms with E-state index >= 15 is 0 Å². The molecule has 0 atom stereocenters. The van der Waals surface area contributed by atoms with Gasteiger partial charge >= 0.3 is 8.56 Å². The van der Waals surface area contributed by atoms with Crippen molar-refractivity contribution in [2.75, 3.05) is 14.2 Å². The predicted octanol–water partition coefficient (Wildman–Crippen LogP) is 2.10. The molecule has 0 aliphatic heterocycles. The van der Waals surface area contributed by atoms with Gasteiger partial charge in [-0.15, -0.1) is 0 Å². The molecule has 0 saturated heterocycles. The molecule has 4 heteroatoms. The summed E-state index contributed by atoms with van der Waals surface area (Å²) in [5.41, 5.74) is 1.49. The molecule has 0 radical (unpaired) electrons. The third kappa shape index (κ3) is 3.36. The highest BCUT2D eigenvalue weighted by atomic mass is 35.5. The largest absolute Gasteiger partial charge is 0.398 e. The van der Waals surface area contributed by atoms with E-state index in [-0.39, 0.29) is 0 Å². The Morgan fingerprint density at radius 3 is 2.20 bits per heavy atom. The number of hydrogen-bond donors (Lipinski definition) is 0. The van der Waals surface area contributed by atoms with Crippen molar-refractivity contribution in [3.8, 4) is 0 Å². The molecule has 10 heavy (non-hydrogen) atoms. The fourth-order valence-corrected chi connectivity index (χ4v) is 1.79. The summed E-state index contributed by atoms with van der Waals surface area (Å²) in [6, 6.07) is 0.795. The van der Waals surface area contributed by atoms with E-state index in [0.29, 0.717) is 0 Å². The van der Waals surface area contributed by atoms with Gasteiger partial charge in [-0.25, -0.2) is 0 Å². The van der Waals surface area contributed by atoms with Crippen LogP contribution in [0.25, 0.3) is 0 Å². The average Bonchev–Trinajstić information content (AvgIpc) is 2.00. The van der Waals surface area contributed by atoms with Crippen LogP contribution in [0.1, 0.15) is 0 Å². The van der Waals surface area contributed by atoms with Gasteiger partial charge in [-0.3, -0.25) is 0 Å². The molecule has 0 saturated carbocycles. The van der Waals surface area contributed by atoms with E-state index in [0.717, 1.165) is 6.04 Å². The van der Waals surface area contributed by atoms with Gasteiger partial charge in [0.2, 0.25) is 0 Å². The van der Waals surface area contributed by atoms with E-state index in [1.165, 1.54) is 5.54 Å². The lowest BCUT2D eigenvalue weighted by atomic mass is 10.8. The van der Waals surface area contributed by atoms with Gasteiger partial charge in [-0.05, 0) is 6.55 Å². The van der Waals surface area contributed by atoms with Gasteiger partial charge in [0, 0.05) is 25.8 Å². The first-order chi connectivity index (χ1) is 4.68. The van der Waals surface area contributed by atoms with Gasteiger partial charge in [0.15, 0.2) is 0 Å². The summed E-state index contributed by atoms with van der Waals surface area (Å²) in [5, 5.41) is 0. The molecule has 0 N–H and O–H groups in total. The molecular formula is C6H13ClO2Si. The van der Waals surface area contributed by atoms with E-state index in [1.807, 2.05) is 12.6 Å². The average molecular weight is 181 g/mol. The summed E-state index contributed by atoms with van der Waals surface area (Å²) in [4.78, 5) is 0. The minimum Gasteiger partial charge on any atom is -0.398 e. The van der Waals surface area contributed by atoms with Crippen molar-refractivity contribution >= 4 is 20.2 Å². The van der Waals surface area contributed by atoms with Crippen LogP contribution in [-0.2, 0) is 8.85 Å². The van der Waals surface area contributed by atoms with Crippen LogP contribution in [-0.4, -0.2) is 22.8 Å². The van der Waals surface area contributed by atoms with Crippen LogP contribution in [0.4, 0.5) is 0 Å². The summed E-state index contributed by atoms with van der Waals surface area (Å²) < 4.78 is 10.4. The molecule has 0 spiro atoms. The fourth-order valence-electron chi connectivity index (χ4n) is 0.509. The highest BCUT2D eigenvalue weighted by molar-refractivity contribution is 6.66. The molecule has 0 aromatic heterocycles. The van der Waals surface area contributed by atoms with Crippen LogP contribution in [0, 0.1) is 0 Å². The Labute approximate surface area is 68.0 Å². The molecule has 0 aliphatic carbocycles. The number of halogens is 1. The Morgan fingerprint density at radius 1 is 1.40 bits per heavy atom. The summed E-state index contributed by atoms with van der Waals surface area (Å²) in [6.45, 7) is 1.99. The van der Waals surface area contributed by atoms with E-state index in [2.05, 4.69) is 0 Å². The quantitative estimate of drug-likeness (QED) is 0.617. The van der Waals surface area contributed by atoms with Crippen molar-refractivity contribution in [3.63, 3.8) is 0 Å². The second kappa shape index (κ2) is 4.90. The van der Waals surface area contributed by atoms with Crippen LogP contribution in [0.3, 0.4) is 0 Å². The molecule has 0 unspecified atom stereocenters. The smallest absolute Gasteiger partial charge is 0.338 e. The van der Waals surface area contributed by atoms with Crippen molar-refractivity contribution in [3.05, 3.63) is 11.6 Å². The molecule has 0 bridgehead atoms. The molecule has 0 amide bonds. The van der Waals surface area contributed by atoms with Crippen LogP contribution >= 0.6 is 11.6 Å². The predicted molar refractivity (Wildman–Crippen MR) is 45.4 cm³/mol. The topological polar surface area (TPSA) is 18.5 Å². The van der Waals surface area contributed by atoms with Crippen LogP contribution in [0.15, 0.2) is 11.6 Å². The molecule has 0 aliphatic rings. The summed E-state index contributed by atoms with van der Waals surface area (Å²) in [6.07, 6.45) is 1.85. The lowest BCUT2D eigenvalue weighted by Gasteiger charge is -2.20. The van der Waals surface area contributed by atoms with Crippen molar-refractivity contribution < 1.29 is 8.85 Å². The van der Waals surface area contributed by atoms with Gasteiger partial charge < -0.3 is 8.85 Å². The lowest BCUT2D eigenvalue weighted by molar-refractivity contribution is 0.253. The molecule has 0 aromatic carbocycles. The van der Waals surface area contributed by atoms with Gasteiger partial charge in [-0.2, -0.15) is 0 Å². The molecule has 0 rings (SSSR count). The Kier molecular flexibility index (Phi) is 4.98. The second-order valence-electron chi connectivity index (χ2n) is 2.11. The van der Waals surface area contributed by atoms with E-state index in [4.69, 9.17) is 20.5 Å². The Hall–Kier alpha value is 0.167. The maximum atomic E-state index is 5.35. The Morgan fingerprint density at radius 2 is 1.90 bits per heavy atom. The number of hydrogen-bond acceptors (Lipinski definition) is 2.